The molecule has 1 aromatic rings. The number of nitrogens with one attached hydrogen (secondary N) is 2. The van der Waals surface area contributed by atoms with Crippen LogP contribution in [-0.4, -0.2) is 25.7 Å². The van der Waals surface area contributed by atoms with E-state index < -0.39 is 0 Å². The number of fused-ring (bicyclic) bond motifs is 1. The van der Waals surface area contributed by atoms with Gasteiger partial charge >= 0.3 is 5.97 Å². The molecule has 0 spiro atoms. The minimum atomic E-state index is -0.307. The van der Waals surface area contributed by atoms with Crippen molar-refractivity contribution in [2.24, 2.45) is 0 Å². The maximum absolute atomic E-state index is 11.4. The van der Waals surface area contributed by atoms with Crippen LogP contribution < -0.4 is 10.6 Å². The van der Waals surface area contributed by atoms with Gasteiger partial charge in [0.2, 0.25) is 0 Å². The zero-order chi connectivity index (χ0) is 10.7. The average molecular weight is 206 g/mol. The Hall–Kier alpha value is -1.55. The number of para-hydroxylation sites is 1. The number of carbonyl (C=O) groups is 1. The predicted molar refractivity (Wildman–Crippen MR) is 57.6 cm³/mol. The van der Waals surface area contributed by atoms with Gasteiger partial charge in [0.1, 0.15) is 6.04 Å². The molecule has 0 saturated carbocycles. The first-order valence-electron chi connectivity index (χ1n) is 4.94. The van der Waals surface area contributed by atoms with Gasteiger partial charge in [-0.25, -0.2) is 4.79 Å². The fraction of sp³-hybridized carbons (Fsp3) is 0.364. The lowest BCUT2D eigenvalue weighted by Crippen LogP contribution is -2.37. The second kappa shape index (κ2) is 4.31. The Morgan fingerprint density at radius 1 is 1.47 bits per heavy atom. The third-order valence-corrected chi connectivity index (χ3v) is 2.50. The highest BCUT2D eigenvalue weighted by Gasteiger charge is 2.21. The molecule has 4 heteroatoms. The van der Waals surface area contributed by atoms with E-state index in [9.17, 15) is 4.79 Å². The Morgan fingerprint density at radius 3 is 3.07 bits per heavy atom. The molecule has 2 rings (SSSR count). The Bertz CT molecular complexity index is 365. The molecule has 1 heterocycles. The van der Waals surface area contributed by atoms with Crippen LogP contribution in [-0.2, 0) is 16.1 Å². The van der Waals surface area contributed by atoms with Gasteiger partial charge in [-0.2, -0.15) is 0 Å². The minimum Gasteiger partial charge on any atom is -0.467 e. The molecule has 1 aliphatic heterocycles. The first-order valence-corrected chi connectivity index (χ1v) is 4.94. The number of benzene rings is 1. The fourth-order valence-corrected chi connectivity index (χ4v) is 1.69. The van der Waals surface area contributed by atoms with Crippen LogP contribution in [0.5, 0.6) is 0 Å². The molecule has 15 heavy (non-hydrogen) atoms. The quantitative estimate of drug-likeness (QED) is 0.665. The van der Waals surface area contributed by atoms with Gasteiger partial charge in [-0.05, 0) is 11.6 Å². The standard InChI is InChI=1S/C11H14N2O2/c1-15-11(14)10-7-12-6-8-4-2-3-5-9(8)13-10/h2-5,10,12-13H,6-7H2,1H3. The van der Waals surface area contributed by atoms with Crippen molar-refractivity contribution in [3.8, 4) is 0 Å². The van der Waals surface area contributed by atoms with Gasteiger partial charge in [0.05, 0.1) is 7.11 Å². The summed E-state index contributed by atoms with van der Waals surface area (Å²) in [5.41, 5.74) is 2.17. The molecule has 2 N–H and O–H groups in total. The Labute approximate surface area is 88.6 Å². The second-order valence-electron chi connectivity index (χ2n) is 3.51. The van der Waals surface area contributed by atoms with Crippen LogP contribution in [0.1, 0.15) is 5.56 Å². The molecule has 1 aromatic carbocycles. The predicted octanol–water partition coefficient (Wildman–Crippen LogP) is 0.743. The SMILES string of the molecule is COC(=O)C1CNCc2ccccc2N1. The molecule has 0 aliphatic carbocycles. The van der Waals surface area contributed by atoms with Gasteiger partial charge in [0.15, 0.2) is 0 Å². The van der Waals surface area contributed by atoms with E-state index in [0.717, 1.165) is 12.2 Å². The third kappa shape index (κ3) is 2.10. The zero-order valence-corrected chi connectivity index (χ0v) is 8.62. The summed E-state index contributed by atoms with van der Waals surface area (Å²) in [7, 11) is 1.40. The van der Waals surface area contributed by atoms with E-state index >= 15 is 0 Å². The van der Waals surface area contributed by atoms with Gasteiger partial charge in [-0.15, -0.1) is 0 Å². The van der Waals surface area contributed by atoms with Gasteiger partial charge in [-0.1, -0.05) is 18.2 Å². The Balaban J connectivity index is 2.21. The Morgan fingerprint density at radius 2 is 2.27 bits per heavy atom. The van der Waals surface area contributed by atoms with E-state index in [1.807, 2.05) is 24.3 Å². The maximum atomic E-state index is 11.4. The van der Waals surface area contributed by atoms with Gasteiger partial charge in [-0.3, -0.25) is 0 Å². The lowest BCUT2D eigenvalue weighted by Gasteiger charge is -2.14. The van der Waals surface area contributed by atoms with E-state index in [4.69, 9.17) is 4.74 Å². The lowest BCUT2D eigenvalue weighted by molar-refractivity contribution is -0.141. The van der Waals surface area contributed by atoms with Crippen molar-refractivity contribution in [2.75, 3.05) is 19.0 Å². The minimum absolute atomic E-state index is 0.237. The van der Waals surface area contributed by atoms with Crippen LogP contribution in [0.2, 0.25) is 0 Å². The molecule has 0 saturated heterocycles. The monoisotopic (exact) mass is 206 g/mol. The van der Waals surface area contributed by atoms with Crippen LogP contribution >= 0.6 is 0 Å². The van der Waals surface area contributed by atoms with Crippen LogP contribution in [0.3, 0.4) is 0 Å². The lowest BCUT2D eigenvalue weighted by atomic mass is 10.2. The number of methoxy groups -OCH3 is 1. The summed E-state index contributed by atoms with van der Waals surface area (Å²) in [5.74, 6) is -0.237. The number of carbonyl (C=O) groups excluding carboxylic acids is 1. The van der Waals surface area contributed by atoms with Gasteiger partial charge < -0.3 is 15.4 Å². The maximum Gasteiger partial charge on any atom is 0.329 e. The number of ether oxygens (including phenoxy) is 1. The number of esters is 1. The first kappa shape index (κ1) is 9.98. The Kier molecular flexibility index (Phi) is 2.87. The summed E-state index contributed by atoms with van der Waals surface area (Å²) in [5, 5.41) is 6.38. The number of hydrogen-bond donors (Lipinski definition) is 2. The summed E-state index contributed by atoms with van der Waals surface area (Å²) in [6, 6.07) is 7.64. The van der Waals surface area contributed by atoms with E-state index in [-0.39, 0.29) is 12.0 Å². The van der Waals surface area contributed by atoms with E-state index in [2.05, 4.69) is 10.6 Å². The van der Waals surface area contributed by atoms with Crippen LogP contribution in [0, 0.1) is 0 Å². The van der Waals surface area contributed by atoms with E-state index in [1.165, 1.54) is 12.7 Å². The molecular weight excluding hydrogens is 192 g/mol. The topological polar surface area (TPSA) is 50.4 Å². The summed E-state index contributed by atoms with van der Waals surface area (Å²) in [6.45, 7) is 1.36. The normalized spacial score (nSPS) is 19.7. The molecule has 1 atom stereocenters. The van der Waals surface area contributed by atoms with Crippen LogP contribution in [0.25, 0.3) is 0 Å². The third-order valence-electron chi connectivity index (χ3n) is 2.50. The highest BCUT2D eigenvalue weighted by atomic mass is 16.5. The van der Waals surface area contributed by atoms with Crippen molar-refractivity contribution < 1.29 is 9.53 Å². The van der Waals surface area contributed by atoms with E-state index in [0.29, 0.717) is 6.54 Å². The molecule has 4 nitrogen and oxygen atoms in total. The zero-order valence-electron chi connectivity index (χ0n) is 8.62. The largest absolute Gasteiger partial charge is 0.467 e. The van der Waals surface area contributed by atoms with Gasteiger partial charge in [0, 0.05) is 18.8 Å². The van der Waals surface area contributed by atoms with Crippen molar-refractivity contribution in [3.63, 3.8) is 0 Å². The smallest absolute Gasteiger partial charge is 0.329 e. The molecule has 1 aliphatic rings. The second-order valence-corrected chi connectivity index (χ2v) is 3.51. The molecule has 0 fully saturated rings. The molecule has 0 radical (unpaired) electrons. The highest BCUT2D eigenvalue weighted by molar-refractivity contribution is 5.80. The van der Waals surface area contributed by atoms with Crippen molar-refractivity contribution >= 4 is 11.7 Å². The summed E-state index contributed by atoms with van der Waals surface area (Å²) < 4.78 is 4.72. The van der Waals surface area contributed by atoms with Crippen molar-refractivity contribution in [2.45, 2.75) is 12.6 Å². The molecule has 0 aromatic heterocycles. The van der Waals surface area contributed by atoms with Crippen LogP contribution in [0.4, 0.5) is 5.69 Å². The molecular formula is C11H14N2O2. The highest BCUT2D eigenvalue weighted by Crippen LogP contribution is 2.18. The summed E-state index contributed by atoms with van der Waals surface area (Å²) in [6.07, 6.45) is 0. The molecule has 80 valence electrons. The first-order chi connectivity index (χ1) is 7.31. The number of anilines is 1. The van der Waals surface area contributed by atoms with Crippen LogP contribution in [0.15, 0.2) is 24.3 Å². The molecule has 1 unspecified atom stereocenters. The van der Waals surface area contributed by atoms with Gasteiger partial charge in [0.25, 0.3) is 0 Å². The molecule has 0 amide bonds. The van der Waals surface area contributed by atoms with Crippen molar-refractivity contribution in [1.82, 2.24) is 5.32 Å². The number of rotatable bonds is 1. The van der Waals surface area contributed by atoms with Crippen molar-refractivity contribution in [3.05, 3.63) is 29.8 Å². The van der Waals surface area contributed by atoms with Crippen molar-refractivity contribution in [1.29, 1.82) is 0 Å². The summed E-state index contributed by atoms with van der Waals surface area (Å²) in [4.78, 5) is 11.4. The summed E-state index contributed by atoms with van der Waals surface area (Å²) >= 11 is 0. The molecule has 0 bridgehead atoms. The fourth-order valence-electron chi connectivity index (χ4n) is 1.69. The van der Waals surface area contributed by atoms with E-state index in [1.54, 1.807) is 0 Å². The number of hydrogen-bond acceptors (Lipinski definition) is 4. The average Bonchev–Trinajstić information content (AvgIpc) is 2.49.